The van der Waals surface area contributed by atoms with Crippen LogP contribution >= 0.6 is 11.3 Å². The number of aryl methyl sites for hydroxylation is 1. The molecule has 4 rings (SSSR count). The normalized spacial score (nSPS) is 16.2. The first kappa shape index (κ1) is 21.6. The van der Waals surface area contributed by atoms with Crippen molar-refractivity contribution in [3.63, 3.8) is 0 Å². The van der Waals surface area contributed by atoms with E-state index in [1.165, 1.54) is 22.9 Å². The lowest BCUT2D eigenvalue weighted by Gasteiger charge is -2.33. The number of nitrogens with zero attached hydrogens (tertiary/aromatic N) is 2. The number of carbonyl (C=O) groups excluding carboxylic acids is 1. The molecule has 1 aliphatic rings. The number of benzene rings is 1. The van der Waals surface area contributed by atoms with Gasteiger partial charge in [0.15, 0.2) is 5.78 Å². The molecular weight excluding hydrogens is 412 g/mol. The van der Waals surface area contributed by atoms with Gasteiger partial charge in [-0.15, -0.1) is 11.3 Å². The maximum absolute atomic E-state index is 13.3. The van der Waals surface area contributed by atoms with E-state index in [1.807, 2.05) is 0 Å². The van der Waals surface area contributed by atoms with E-state index in [0.29, 0.717) is 28.4 Å². The second kappa shape index (κ2) is 8.11. The molecular formula is C24H28N2O4S. The summed E-state index contributed by atoms with van der Waals surface area (Å²) in [6, 6.07) is 5.04. The average molecular weight is 441 g/mol. The van der Waals surface area contributed by atoms with Crippen LogP contribution in [0.3, 0.4) is 0 Å². The third-order valence-corrected chi connectivity index (χ3v) is 7.45. The summed E-state index contributed by atoms with van der Waals surface area (Å²) in [7, 11) is 3.07. The lowest BCUT2D eigenvalue weighted by molar-refractivity contribution is 0.0967. The molecule has 6 nitrogen and oxygen atoms in total. The third kappa shape index (κ3) is 3.99. The van der Waals surface area contributed by atoms with Gasteiger partial charge < -0.3 is 9.47 Å². The molecule has 1 aromatic carbocycles. The van der Waals surface area contributed by atoms with E-state index in [0.717, 1.165) is 29.7 Å². The number of hydrogen-bond donors (Lipinski definition) is 0. The molecule has 0 bridgehead atoms. The molecule has 1 atom stereocenters. The number of ether oxygens (including phenoxy) is 2. The molecule has 3 aromatic rings. The highest BCUT2D eigenvalue weighted by Gasteiger charge is 2.31. The standard InChI is InChI=1S/C24H28N2O4S/c1-24(2,3)14-6-8-17-20(10-14)31-22-21(17)23(28)26(13-25-22)12-18(27)16-9-7-15(29-4)11-19(16)30-5/h7,9,11,13-14H,6,8,10,12H2,1-5H3. The van der Waals surface area contributed by atoms with Crippen molar-refractivity contribution in [3.05, 3.63) is 50.9 Å². The van der Waals surface area contributed by atoms with Crippen LogP contribution in [0.1, 0.15) is 48.0 Å². The van der Waals surface area contributed by atoms with Crippen molar-refractivity contribution in [1.29, 1.82) is 0 Å². The second-order valence-corrected chi connectivity index (χ2v) is 10.2. The summed E-state index contributed by atoms with van der Waals surface area (Å²) in [5.74, 6) is 1.42. The van der Waals surface area contributed by atoms with Crippen molar-refractivity contribution in [1.82, 2.24) is 9.55 Å². The molecule has 31 heavy (non-hydrogen) atoms. The van der Waals surface area contributed by atoms with E-state index >= 15 is 0 Å². The Morgan fingerprint density at radius 2 is 2.03 bits per heavy atom. The Kier molecular flexibility index (Phi) is 5.64. The maximum atomic E-state index is 13.3. The second-order valence-electron chi connectivity index (χ2n) is 9.16. The van der Waals surface area contributed by atoms with Gasteiger partial charge in [-0.2, -0.15) is 0 Å². The van der Waals surface area contributed by atoms with Crippen LogP contribution in [0.15, 0.2) is 29.3 Å². The minimum atomic E-state index is -0.209. The number of hydrogen-bond acceptors (Lipinski definition) is 6. The smallest absolute Gasteiger partial charge is 0.262 e. The number of methoxy groups -OCH3 is 2. The van der Waals surface area contributed by atoms with Gasteiger partial charge in [-0.1, -0.05) is 20.8 Å². The minimum absolute atomic E-state index is 0.0836. The molecule has 1 aliphatic carbocycles. The number of fused-ring (bicyclic) bond motifs is 3. The Morgan fingerprint density at radius 3 is 2.71 bits per heavy atom. The first-order valence-electron chi connectivity index (χ1n) is 10.5. The Labute approximate surface area is 185 Å². The van der Waals surface area contributed by atoms with E-state index in [1.54, 1.807) is 36.6 Å². The predicted molar refractivity (Wildman–Crippen MR) is 123 cm³/mol. The summed E-state index contributed by atoms with van der Waals surface area (Å²) in [5.41, 5.74) is 1.64. The van der Waals surface area contributed by atoms with Gasteiger partial charge in [-0.05, 0) is 48.3 Å². The van der Waals surface area contributed by atoms with Crippen molar-refractivity contribution >= 4 is 27.3 Å². The zero-order chi connectivity index (χ0) is 22.3. The van der Waals surface area contributed by atoms with Crippen molar-refractivity contribution < 1.29 is 14.3 Å². The predicted octanol–water partition coefficient (Wildman–Crippen LogP) is 4.51. The fourth-order valence-electron chi connectivity index (χ4n) is 4.32. The van der Waals surface area contributed by atoms with E-state index in [2.05, 4.69) is 25.8 Å². The van der Waals surface area contributed by atoms with Crippen LogP contribution in [0.4, 0.5) is 0 Å². The average Bonchev–Trinajstić information content (AvgIpc) is 3.13. The lowest BCUT2D eigenvalue weighted by atomic mass is 9.72. The number of rotatable bonds is 5. The number of aromatic nitrogens is 2. The summed E-state index contributed by atoms with van der Waals surface area (Å²) >= 11 is 1.62. The maximum Gasteiger partial charge on any atom is 0.262 e. The van der Waals surface area contributed by atoms with Gasteiger partial charge in [-0.3, -0.25) is 14.2 Å². The fraction of sp³-hybridized carbons (Fsp3) is 0.458. The van der Waals surface area contributed by atoms with Crippen molar-refractivity contribution in [2.24, 2.45) is 11.3 Å². The Hall–Kier alpha value is -2.67. The van der Waals surface area contributed by atoms with E-state index in [9.17, 15) is 9.59 Å². The first-order chi connectivity index (χ1) is 14.7. The Morgan fingerprint density at radius 1 is 1.26 bits per heavy atom. The molecule has 1 unspecified atom stereocenters. The summed E-state index contributed by atoms with van der Waals surface area (Å²) in [5, 5.41) is 0.685. The highest BCUT2D eigenvalue weighted by atomic mass is 32.1. The van der Waals surface area contributed by atoms with E-state index < -0.39 is 0 Å². The highest BCUT2D eigenvalue weighted by Crippen LogP contribution is 2.42. The van der Waals surface area contributed by atoms with Gasteiger partial charge in [-0.25, -0.2) is 4.98 Å². The van der Waals surface area contributed by atoms with Crippen molar-refractivity contribution in [2.75, 3.05) is 14.2 Å². The molecule has 0 fully saturated rings. The number of ketones is 1. The molecule has 2 heterocycles. The summed E-state index contributed by atoms with van der Waals surface area (Å²) in [6.45, 7) is 6.75. The number of Topliss-reactive ketones (excluding diaryl/α,β-unsaturated/α-hetero) is 1. The van der Waals surface area contributed by atoms with Crippen LogP contribution in [0.25, 0.3) is 10.2 Å². The molecule has 0 N–H and O–H groups in total. The van der Waals surface area contributed by atoms with Crippen LogP contribution in [-0.2, 0) is 19.4 Å². The lowest BCUT2D eigenvalue weighted by Crippen LogP contribution is -2.27. The first-order valence-corrected chi connectivity index (χ1v) is 11.3. The van der Waals surface area contributed by atoms with Gasteiger partial charge >= 0.3 is 0 Å². The zero-order valence-corrected chi connectivity index (χ0v) is 19.5. The van der Waals surface area contributed by atoms with Crippen LogP contribution in [0, 0.1) is 11.3 Å². The van der Waals surface area contributed by atoms with E-state index in [4.69, 9.17) is 9.47 Å². The van der Waals surface area contributed by atoms with Gasteiger partial charge in [0.1, 0.15) is 16.3 Å². The molecule has 0 radical (unpaired) electrons. The zero-order valence-electron chi connectivity index (χ0n) is 18.7. The molecule has 0 spiro atoms. The molecule has 0 saturated carbocycles. The summed E-state index contributed by atoms with van der Waals surface area (Å²) in [4.78, 5) is 32.8. The number of thiophene rings is 1. The Balaban J connectivity index is 1.67. The molecule has 164 valence electrons. The monoisotopic (exact) mass is 440 g/mol. The summed E-state index contributed by atoms with van der Waals surface area (Å²) < 4.78 is 12.0. The largest absolute Gasteiger partial charge is 0.497 e. The fourth-order valence-corrected chi connectivity index (χ4v) is 5.58. The molecule has 7 heteroatoms. The molecule has 0 saturated heterocycles. The number of carbonyl (C=O) groups is 1. The van der Waals surface area contributed by atoms with Gasteiger partial charge in [0.25, 0.3) is 5.56 Å². The van der Waals surface area contributed by atoms with Crippen LogP contribution < -0.4 is 15.0 Å². The minimum Gasteiger partial charge on any atom is -0.497 e. The van der Waals surface area contributed by atoms with Crippen LogP contribution in [-0.4, -0.2) is 29.6 Å². The third-order valence-electron chi connectivity index (χ3n) is 6.28. The topological polar surface area (TPSA) is 70.4 Å². The van der Waals surface area contributed by atoms with Crippen molar-refractivity contribution in [2.45, 2.75) is 46.6 Å². The van der Waals surface area contributed by atoms with Gasteiger partial charge in [0, 0.05) is 10.9 Å². The molecule has 0 aliphatic heterocycles. The Bertz CT molecular complexity index is 1200. The van der Waals surface area contributed by atoms with Crippen LogP contribution in [0.2, 0.25) is 0 Å². The quantitative estimate of drug-likeness (QED) is 0.546. The highest BCUT2D eigenvalue weighted by molar-refractivity contribution is 7.18. The SMILES string of the molecule is COc1ccc(C(=O)Cn2cnc3sc4c(c3c2=O)CCC(C(C)(C)C)C4)c(OC)c1. The molecule has 0 amide bonds. The van der Waals surface area contributed by atoms with E-state index in [-0.39, 0.29) is 23.3 Å². The van der Waals surface area contributed by atoms with Crippen molar-refractivity contribution in [3.8, 4) is 11.5 Å². The van der Waals surface area contributed by atoms with Gasteiger partial charge in [0.2, 0.25) is 0 Å². The van der Waals surface area contributed by atoms with Gasteiger partial charge in [0.05, 0.1) is 38.0 Å². The molecule has 2 aromatic heterocycles. The summed E-state index contributed by atoms with van der Waals surface area (Å²) in [6.07, 6.45) is 4.43. The van der Waals surface area contributed by atoms with Crippen LogP contribution in [0.5, 0.6) is 11.5 Å².